The molecular weight excluding hydrogens is 344 g/mol. The molecule has 2 aromatic rings. The van der Waals surface area contributed by atoms with Gasteiger partial charge in [-0.1, -0.05) is 17.3 Å². The summed E-state index contributed by atoms with van der Waals surface area (Å²) in [5.74, 6) is 0.0851. The molecule has 0 fully saturated rings. The number of amidine groups is 1. The first-order chi connectivity index (χ1) is 10.0. The Morgan fingerprint density at radius 1 is 1.48 bits per heavy atom. The SMILES string of the molecule is NC(=NO)c1cc([N+](=O)[O-])cnc1Oc1ccccc1Br. The summed E-state index contributed by atoms with van der Waals surface area (Å²) in [4.78, 5) is 14.0. The van der Waals surface area contributed by atoms with Gasteiger partial charge in [0, 0.05) is 6.07 Å². The predicted octanol–water partition coefficient (Wildman–Crippen LogP) is 2.64. The maximum absolute atomic E-state index is 10.8. The van der Waals surface area contributed by atoms with Gasteiger partial charge in [-0.05, 0) is 28.1 Å². The van der Waals surface area contributed by atoms with Crippen molar-refractivity contribution < 1.29 is 14.9 Å². The number of nitro groups is 1. The summed E-state index contributed by atoms with van der Waals surface area (Å²) in [6.45, 7) is 0. The Hall–Kier alpha value is -2.68. The number of hydrogen-bond acceptors (Lipinski definition) is 6. The van der Waals surface area contributed by atoms with E-state index in [1.54, 1.807) is 24.3 Å². The molecule has 2 rings (SSSR count). The first-order valence-electron chi connectivity index (χ1n) is 5.57. The number of halogens is 1. The number of nitrogens with zero attached hydrogens (tertiary/aromatic N) is 3. The van der Waals surface area contributed by atoms with Gasteiger partial charge in [-0.3, -0.25) is 10.1 Å². The molecule has 0 bridgehead atoms. The van der Waals surface area contributed by atoms with Crippen molar-refractivity contribution in [1.82, 2.24) is 4.98 Å². The Kier molecular flexibility index (Phi) is 4.33. The van der Waals surface area contributed by atoms with Gasteiger partial charge >= 0.3 is 0 Å². The van der Waals surface area contributed by atoms with Gasteiger partial charge in [0.25, 0.3) is 5.69 Å². The van der Waals surface area contributed by atoms with Crippen LogP contribution in [0.1, 0.15) is 5.56 Å². The smallest absolute Gasteiger partial charge is 0.288 e. The molecule has 0 spiro atoms. The minimum atomic E-state index is -0.636. The van der Waals surface area contributed by atoms with Crippen molar-refractivity contribution in [2.45, 2.75) is 0 Å². The fourth-order valence-electron chi connectivity index (χ4n) is 1.49. The third kappa shape index (κ3) is 3.26. The maximum Gasteiger partial charge on any atom is 0.288 e. The third-order valence-electron chi connectivity index (χ3n) is 2.47. The zero-order valence-electron chi connectivity index (χ0n) is 10.4. The van der Waals surface area contributed by atoms with E-state index in [-0.39, 0.29) is 23.0 Å². The van der Waals surface area contributed by atoms with E-state index in [0.717, 1.165) is 12.3 Å². The zero-order valence-corrected chi connectivity index (χ0v) is 12.0. The highest BCUT2D eigenvalue weighted by Gasteiger charge is 2.17. The topological polar surface area (TPSA) is 124 Å². The molecule has 0 unspecified atom stereocenters. The molecule has 9 heteroatoms. The average molecular weight is 353 g/mol. The fraction of sp³-hybridized carbons (Fsp3) is 0. The molecule has 108 valence electrons. The first kappa shape index (κ1) is 14.7. The van der Waals surface area contributed by atoms with E-state index in [1.807, 2.05) is 0 Å². The second-order valence-electron chi connectivity index (χ2n) is 3.82. The summed E-state index contributed by atoms with van der Waals surface area (Å²) >= 11 is 3.30. The minimum Gasteiger partial charge on any atom is -0.437 e. The molecule has 1 aromatic heterocycles. The molecule has 0 aliphatic heterocycles. The van der Waals surface area contributed by atoms with Crippen molar-refractivity contribution in [1.29, 1.82) is 0 Å². The van der Waals surface area contributed by atoms with Crippen molar-refractivity contribution in [3.8, 4) is 11.6 Å². The summed E-state index contributed by atoms with van der Waals surface area (Å²) in [5.41, 5.74) is 5.22. The lowest BCUT2D eigenvalue weighted by Crippen LogP contribution is -2.15. The Morgan fingerprint density at radius 2 is 2.19 bits per heavy atom. The Bertz CT molecular complexity index is 720. The van der Waals surface area contributed by atoms with Crippen LogP contribution in [0.2, 0.25) is 0 Å². The second kappa shape index (κ2) is 6.18. The predicted molar refractivity (Wildman–Crippen MR) is 77.6 cm³/mol. The molecule has 21 heavy (non-hydrogen) atoms. The van der Waals surface area contributed by atoms with Gasteiger partial charge in [-0.25, -0.2) is 4.98 Å². The maximum atomic E-state index is 10.8. The number of rotatable bonds is 4. The van der Waals surface area contributed by atoms with E-state index in [0.29, 0.717) is 10.2 Å². The largest absolute Gasteiger partial charge is 0.437 e. The van der Waals surface area contributed by atoms with Crippen molar-refractivity contribution in [3.05, 3.63) is 56.7 Å². The Balaban J connectivity index is 2.48. The van der Waals surface area contributed by atoms with Crippen LogP contribution in [0, 0.1) is 10.1 Å². The molecule has 3 N–H and O–H groups in total. The molecule has 8 nitrogen and oxygen atoms in total. The van der Waals surface area contributed by atoms with Crippen LogP contribution in [0.4, 0.5) is 5.69 Å². The van der Waals surface area contributed by atoms with E-state index < -0.39 is 4.92 Å². The average Bonchev–Trinajstić information content (AvgIpc) is 2.49. The number of benzene rings is 1. The lowest BCUT2D eigenvalue weighted by molar-refractivity contribution is -0.385. The zero-order chi connectivity index (χ0) is 15.4. The summed E-state index contributed by atoms with van der Waals surface area (Å²) in [6.07, 6.45) is 1.03. The van der Waals surface area contributed by atoms with Crippen LogP contribution in [0.5, 0.6) is 11.6 Å². The van der Waals surface area contributed by atoms with Crippen molar-refractivity contribution >= 4 is 27.5 Å². The highest BCUT2D eigenvalue weighted by molar-refractivity contribution is 9.10. The Labute approximate surface area is 127 Å². The molecule has 0 aliphatic rings. The van der Waals surface area contributed by atoms with Crippen molar-refractivity contribution in [3.63, 3.8) is 0 Å². The van der Waals surface area contributed by atoms with Crippen molar-refractivity contribution in [2.24, 2.45) is 10.9 Å². The summed E-state index contributed by atoms with van der Waals surface area (Å²) < 4.78 is 6.21. The van der Waals surface area contributed by atoms with Crippen LogP contribution in [-0.2, 0) is 0 Å². The Morgan fingerprint density at radius 3 is 2.81 bits per heavy atom. The molecule has 1 heterocycles. The molecule has 0 saturated carbocycles. The quantitative estimate of drug-likeness (QED) is 0.286. The summed E-state index contributed by atoms with van der Waals surface area (Å²) in [6, 6.07) is 8.08. The van der Waals surface area contributed by atoms with Gasteiger partial charge in [0.1, 0.15) is 11.9 Å². The van der Waals surface area contributed by atoms with Crippen LogP contribution >= 0.6 is 15.9 Å². The van der Waals surface area contributed by atoms with Crippen molar-refractivity contribution in [2.75, 3.05) is 0 Å². The van der Waals surface area contributed by atoms with E-state index in [9.17, 15) is 10.1 Å². The minimum absolute atomic E-state index is 0.0113. The molecule has 0 atom stereocenters. The van der Waals surface area contributed by atoms with E-state index in [2.05, 4.69) is 26.1 Å². The molecule has 0 radical (unpaired) electrons. The van der Waals surface area contributed by atoms with Gasteiger partial charge in [0.15, 0.2) is 5.84 Å². The first-order valence-corrected chi connectivity index (χ1v) is 6.37. The number of para-hydroxylation sites is 1. The van der Waals surface area contributed by atoms with Crippen LogP contribution in [0.15, 0.2) is 46.2 Å². The number of pyridine rings is 1. The van der Waals surface area contributed by atoms with Gasteiger partial charge in [-0.15, -0.1) is 0 Å². The molecular formula is C12H9BrN4O4. The second-order valence-corrected chi connectivity index (χ2v) is 4.68. The number of nitrogens with two attached hydrogens (primary N) is 1. The lowest BCUT2D eigenvalue weighted by atomic mass is 10.2. The van der Waals surface area contributed by atoms with Gasteiger partial charge in [-0.2, -0.15) is 0 Å². The van der Waals surface area contributed by atoms with Gasteiger partial charge in [0.2, 0.25) is 5.88 Å². The molecule has 0 aliphatic carbocycles. The molecule has 0 saturated heterocycles. The summed E-state index contributed by atoms with van der Waals surface area (Å²) in [5, 5.41) is 22.3. The highest BCUT2D eigenvalue weighted by atomic mass is 79.9. The fourth-order valence-corrected chi connectivity index (χ4v) is 1.86. The third-order valence-corrected chi connectivity index (χ3v) is 3.13. The monoisotopic (exact) mass is 352 g/mol. The number of oxime groups is 1. The van der Waals surface area contributed by atoms with Crippen LogP contribution < -0.4 is 10.5 Å². The normalized spacial score (nSPS) is 11.2. The van der Waals surface area contributed by atoms with E-state index >= 15 is 0 Å². The standard InChI is InChI=1S/C12H9BrN4O4/c13-9-3-1-2-4-10(9)21-12-8(11(14)16-18)5-7(6-15-12)17(19)20/h1-6,18H,(H2,14,16). The highest BCUT2D eigenvalue weighted by Crippen LogP contribution is 2.31. The van der Waals surface area contributed by atoms with Crippen LogP contribution in [0.3, 0.4) is 0 Å². The van der Waals surface area contributed by atoms with Gasteiger partial charge < -0.3 is 15.7 Å². The number of ether oxygens (including phenoxy) is 1. The van der Waals surface area contributed by atoms with Crippen LogP contribution in [-0.4, -0.2) is 21.0 Å². The lowest BCUT2D eigenvalue weighted by Gasteiger charge is -2.10. The number of aromatic nitrogens is 1. The molecule has 0 amide bonds. The van der Waals surface area contributed by atoms with Gasteiger partial charge in [0.05, 0.1) is 15.0 Å². The summed E-state index contributed by atoms with van der Waals surface area (Å²) in [7, 11) is 0. The van der Waals surface area contributed by atoms with E-state index in [1.165, 1.54) is 0 Å². The molecule has 1 aromatic carbocycles. The van der Waals surface area contributed by atoms with E-state index in [4.69, 9.17) is 15.7 Å². The van der Waals surface area contributed by atoms with Crippen LogP contribution in [0.25, 0.3) is 0 Å². The number of hydrogen-bond donors (Lipinski definition) is 2.